The fraction of sp³-hybridized carbons (Fsp3) is 0.926. The van der Waals surface area contributed by atoms with Gasteiger partial charge in [0, 0.05) is 11.8 Å². The van der Waals surface area contributed by atoms with Crippen LogP contribution in [0.5, 0.6) is 0 Å². The van der Waals surface area contributed by atoms with E-state index in [4.69, 9.17) is 0 Å². The molecule has 4 heteroatoms. The Morgan fingerprint density at radius 1 is 1.10 bits per heavy atom. The zero-order valence-corrected chi connectivity index (χ0v) is 20.3. The number of aliphatic hydroxyl groups excluding tert-OH is 3. The molecule has 31 heavy (non-hydrogen) atoms. The fourth-order valence-electron chi connectivity index (χ4n) is 8.65. The number of fused-ring (bicyclic) bond motifs is 5. The smallest absolute Gasteiger partial charge is 0.0849 e. The van der Waals surface area contributed by atoms with E-state index in [1.165, 1.54) is 31.3 Å². The molecule has 178 valence electrons. The first-order chi connectivity index (χ1) is 14.4. The third-order valence-electron chi connectivity index (χ3n) is 10.6. The summed E-state index contributed by atoms with van der Waals surface area (Å²) in [4.78, 5) is 0. The molecule has 4 aliphatic carbocycles. The van der Waals surface area contributed by atoms with E-state index >= 15 is 0 Å². The summed E-state index contributed by atoms with van der Waals surface area (Å²) in [6.45, 7) is 10.5. The molecule has 0 aromatic heterocycles. The maximum absolute atomic E-state index is 11.1. The molecule has 0 radical (unpaired) electrons. The van der Waals surface area contributed by atoms with Crippen LogP contribution in [0.4, 0.5) is 0 Å². The molecular weight excluding hydrogens is 388 g/mol. The van der Waals surface area contributed by atoms with Crippen molar-refractivity contribution in [3.8, 4) is 0 Å². The summed E-state index contributed by atoms with van der Waals surface area (Å²) < 4.78 is 0. The van der Waals surface area contributed by atoms with Crippen molar-refractivity contribution in [2.75, 3.05) is 0 Å². The van der Waals surface area contributed by atoms with Gasteiger partial charge >= 0.3 is 0 Å². The van der Waals surface area contributed by atoms with Gasteiger partial charge in [0.2, 0.25) is 0 Å². The zero-order chi connectivity index (χ0) is 22.8. The third-order valence-corrected chi connectivity index (χ3v) is 10.6. The maximum Gasteiger partial charge on any atom is 0.0849 e. The predicted octanol–water partition coefficient (Wildman–Crippen LogP) is 4.45. The van der Waals surface area contributed by atoms with Gasteiger partial charge in [-0.3, -0.25) is 0 Å². The van der Waals surface area contributed by atoms with Gasteiger partial charge in [-0.1, -0.05) is 32.4 Å². The first-order valence-corrected chi connectivity index (χ1v) is 12.8. The zero-order valence-electron chi connectivity index (χ0n) is 20.3. The van der Waals surface area contributed by atoms with Gasteiger partial charge in [0.1, 0.15) is 0 Å². The average Bonchev–Trinajstić information content (AvgIpc) is 3.03. The van der Waals surface area contributed by atoms with Crippen LogP contribution in [0.2, 0.25) is 0 Å². The van der Waals surface area contributed by atoms with Crippen molar-refractivity contribution in [3.05, 3.63) is 11.6 Å². The lowest BCUT2D eigenvalue weighted by molar-refractivity contribution is -0.108. The summed E-state index contributed by atoms with van der Waals surface area (Å²) in [5.41, 5.74) is 0.452. The van der Waals surface area contributed by atoms with Gasteiger partial charge < -0.3 is 20.4 Å². The quantitative estimate of drug-likeness (QED) is 0.482. The Hall–Kier alpha value is -0.420. The Kier molecular flexibility index (Phi) is 6.21. The van der Waals surface area contributed by atoms with E-state index in [-0.39, 0.29) is 5.41 Å². The summed E-state index contributed by atoms with van der Waals surface area (Å²) in [5.74, 6) is 3.08. The van der Waals surface area contributed by atoms with Crippen LogP contribution in [0.3, 0.4) is 0 Å². The van der Waals surface area contributed by atoms with Crippen LogP contribution in [-0.2, 0) is 0 Å². The van der Waals surface area contributed by atoms with Crippen LogP contribution < -0.4 is 0 Å². The van der Waals surface area contributed by atoms with Crippen LogP contribution in [-0.4, -0.2) is 44.3 Å². The highest BCUT2D eigenvalue weighted by atomic mass is 16.3. The number of hydrogen-bond acceptors (Lipinski definition) is 4. The van der Waals surface area contributed by atoms with Crippen molar-refractivity contribution in [1.29, 1.82) is 0 Å². The van der Waals surface area contributed by atoms with E-state index in [0.29, 0.717) is 47.8 Å². The average molecular weight is 435 g/mol. The Balaban J connectivity index is 1.50. The molecule has 3 fully saturated rings. The lowest BCUT2D eigenvalue weighted by Crippen LogP contribution is -2.55. The SMILES string of the molecule is C[C@H](CCC(O)C(C)(C)O)[C@H]1CC[C@H]2[C@@H]3CC=C4CC(O)C[C@H](O)[C@]4(C)[C@H]3CC[C@]12C. The number of aliphatic hydroxyl groups is 4. The molecule has 4 aliphatic rings. The van der Waals surface area contributed by atoms with E-state index in [0.717, 1.165) is 19.3 Å². The van der Waals surface area contributed by atoms with Crippen molar-refractivity contribution in [1.82, 2.24) is 0 Å². The van der Waals surface area contributed by atoms with E-state index < -0.39 is 23.9 Å². The lowest BCUT2D eigenvalue weighted by Gasteiger charge is -2.59. The highest BCUT2D eigenvalue weighted by Crippen LogP contribution is 2.67. The third kappa shape index (κ3) is 3.84. The molecule has 0 heterocycles. The Labute approximate surface area is 189 Å². The van der Waals surface area contributed by atoms with Gasteiger partial charge in [-0.05, 0) is 100 Å². The number of allylic oxidation sites excluding steroid dienone is 1. The minimum atomic E-state index is -1.03. The second kappa shape index (κ2) is 8.11. The van der Waals surface area contributed by atoms with Crippen LogP contribution >= 0.6 is 0 Å². The molecule has 4 nitrogen and oxygen atoms in total. The molecular formula is C27H46O4. The molecule has 0 aliphatic heterocycles. The molecule has 0 spiro atoms. The largest absolute Gasteiger partial charge is 0.393 e. The van der Waals surface area contributed by atoms with Gasteiger partial charge in [-0.15, -0.1) is 0 Å². The fourth-order valence-corrected chi connectivity index (χ4v) is 8.65. The Bertz CT molecular complexity index is 696. The minimum absolute atomic E-state index is 0.163. The molecule has 0 bridgehead atoms. The van der Waals surface area contributed by atoms with E-state index in [2.05, 4.69) is 26.8 Å². The molecule has 10 atom stereocenters. The lowest BCUT2D eigenvalue weighted by atomic mass is 9.46. The summed E-state index contributed by atoms with van der Waals surface area (Å²) >= 11 is 0. The Morgan fingerprint density at radius 2 is 1.81 bits per heavy atom. The molecule has 0 aromatic rings. The number of hydrogen-bond donors (Lipinski definition) is 4. The number of rotatable bonds is 5. The van der Waals surface area contributed by atoms with Crippen LogP contribution in [0.1, 0.15) is 92.4 Å². The molecule has 4 N–H and O–H groups in total. The van der Waals surface area contributed by atoms with Crippen molar-refractivity contribution >= 4 is 0 Å². The molecule has 3 saturated carbocycles. The molecule has 0 saturated heterocycles. The van der Waals surface area contributed by atoms with Gasteiger partial charge in [-0.25, -0.2) is 0 Å². The van der Waals surface area contributed by atoms with Crippen LogP contribution in [0, 0.1) is 40.4 Å². The van der Waals surface area contributed by atoms with E-state index in [1.807, 2.05) is 0 Å². The highest BCUT2D eigenvalue weighted by Gasteiger charge is 2.60. The van der Waals surface area contributed by atoms with Gasteiger partial charge in [-0.2, -0.15) is 0 Å². The van der Waals surface area contributed by atoms with Crippen molar-refractivity contribution in [3.63, 3.8) is 0 Å². The molecule has 0 aromatic carbocycles. The summed E-state index contributed by atoms with van der Waals surface area (Å²) in [6, 6.07) is 0. The second-order valence-electron chi connectivity index (χ2n) is 12.7. The highest BCUT2D eigenvalue weighted by molar-refractivity contribution is 5.27. The predicted molar refractivity (Wildman–Crippen MR) is 123 cm³/mol. The maximum atomic E-state index is 11.1. The first kappa shape index (κ1) is 23.7. The van der Waals surface area contributed by atoms with Crippen molar-refractivity contribution in [2.24, 2.45) is 40.4 Å². The van der Waals surface area contributed by atoms with Gasteiger partial charge in [0.05, 0.1) is 23.9 Å². The molecule has 0 amide bonds. The minimum Gasteiger partial charge on any atom is -0.393 e. The molecule has 2 unspecified atom stereocenters. The van der Waals surface area contributed by atoms with Gasteiger partial charge in [0.25, 0.3) is 0 Å². The van der Waals surface area contributed by atoms with Gasteiger partial charge in [0.15, 0.2) is 0 Å². The normalized spacial score (nSPS) is 47.1. The van der Waals surface area contributed by atoms with E-state index in [1.54, 1.807) is 13.8 Å². The topological polar surface area (TPSA) is 80.9 Å². The van der Waals surface area contributed by atoms with Crippen molar-refractivity contribution in [2.45, 2.75) is 116 Å². The monoisotopic (exact) mass is 434 g/mol. The Morgan fingerprint density at radius 3 is 2.48 bits per heavy atom. The van der Waals surface area contributed by atoms with Crippen molar-refractivity contribution < 1.29 is 20.4 Å². The first-order valence-electron chi connectivity index (χ1n) is 12.8. The van der Waals surface area contributed by atoms with Crippen LogP contribution in [0.25, 0.3) is 0 Å². The van der Waals surface area contributed by atoms with Crippen LogP contribution in [0.15, 0.2) is 11.6 Å². The van der Waals surface area contributed by atoms with E-state index in [9.17, 15) is 20.4 Å². The second-order valence-corrected chi connectivity index (χ2v) is 12.7. The summed E-state index contributed by atoms with van der Waals surface area (Å²) in [5, 5.41) is 41.7. The standard InChI is InChI=1S/C27H46O4/c1-16(6-11-23(29)25(2,3)31)20-9-10-21-19-8-7-17-14-18(28)15-24(30)27(17,5)22(19)12-13-26(20,21)4/h7,16,18-24,28-31H,6,8-15H2,1-5H3/t16-,18?,19+,20-,21+,22+,23?,24+,26-,27+/m1/s1. The molecule has 4 rings (SSSR count). The summed E-state index contributed by atoms with van der Waals surface area (Å²) in [7, 11) is 0. The summed E-state index contributed by atoms with van der Waals surface area (Å²) in [6.07, 6.45) is 9.81.